The largest absolute Gasteiger partial charge is 0.353 e. The highest BCUT2D eigenvalue weighted by Gasteiger charge is 2.48. The number of rotatable bonds is 18. The van der Waals surface area contributed by atoms with Crippen LogP contribution in [-0.4, -0.2) is 28.6 Å². The minimum absolute atomic E-state index is 0.0489. The Morgan fingerprint density at radius 1 is 0.583 bits per heavy atom. The third-order valence-corrected chi connectivity index (χ3v) is 8.11. The van der Waals surface area contributed by atoms with Crippen molar-refractivity contribution >= 4 is 0 Å². The van der Waals surface area contributed by atoms with Gasteiger partial charge in [-0.2, -0.15) is 0 Å². The molecule has 2 unspecified atom stereocenters. The van der Waals surface area contributed by atoms with Crippen molar-refractivity contribution in [2.75, 3.05) is 13.1 Å². The zero-order valence-corrected chi connectivity index (χ0v) is 23.5. The Morgan fingerprint density at radius 2 is 1.11 bits per heavy atom. The summed E-state index contributed by atoms with van der Waals surface area (Å²) in [6, 6.07) is 22.5. The average Bonchev–Trinajstić information content (AvgIpc) is 3.24. The molecule has 0 saturated heterocycles. The molecular weight excluding hydrogens is 436 g/mol. The first-order chi connectivity index (χ1) is 17.8. The van der Waals surface area contributed by atoms with Crippen LogP contribution in [0.4, 0.5) is 0 Å². The number of benzene rings is 2. The van der Waals surface area contributed by atoms with E-state index in [-0.39, 0.29) is 5.66 Å². The molecule has 2 nitrogen and oxygen atoms in total. The molecule has 0 saturated carbocycles. The zero-order chi connectivity index (χ0) is 25.5. The lowest BCUT2D eigenvalue weighted by Gasteiger charge is -2.51. The molecule has 3 rings (SSSR count). The van der Waals surface area contributed by atoms with E-state index in [1.807, 2.05) is 0 Å². The molecule has 0 bridgehead atoms. The van der Waals surface area contributed by atoms with Crippen LogP contribution in [0.25, 0.3) is 0 Å². The molecule has 198 valence electrons. The van der Waals surface area contributed by atoms with Crippen LogP contribution in [0.1, 0.15) is 115 Å². The van der Waals surface area contributed by atoms with Crippen LogP contribution in [0.2, 0.25) is 0 Å². The smallest absolute Gasteiger partial charge is 0.123 e. The quantitative estimate of drug-likeness (QED) is 0.193. The molecule has 2 heteroatoms. The van der Waals surface area contributed by atoms with Gasteiger partial charge in [-0.1, -0.05) is 139 Å². The molecule has 0 aromatic heterocycles. The van der Waals surface area contributed by atoms with Crippen molar-refractivity contribution in [3.05, 3.63) is 84.2 Å². The summed E-state index contributed by atoms with van der Waals surface area (Å²) in [5, 5.41) is 0. The van der Waals surface area contributed by atoms with Crippen LogP contribution in [0.5, 0.6) is 0 Å². The molecule has 2 aromatic rings. The third kappa shape index (κ3) is 7.64. The molecule has 0 N–H and O–H groups in total. The van der Waals surface area contributed by atoms with E-state index in [1.54, 1.807) is 0 Å². The van der Waals surface area contributed by atoms with Crippen LogP contribution in [0, 0.1) is 0 Å². The van der Waals surface area contributed by atoms with Gasteiger partial charge < -0.3 is 9.80 Å². The van der Waals surface area contributed by atoms with Gasteiger partial charge in [0, 0.05) is 37.8 Å². The predicted octanol–water partition coefficient (Wildman–Crippen LogP) is 9.54. The van der Waals surface area contributed by atoms with Crippen LogP contribution >= 0.6 is 0 Å². The first kappa shape index (κ1) is 28.4. The van der Waals surface area contributed by atoms with Crippen LogP contribution in [-0.2, 0) is 6.42 Å². The highest BCUT2D eigenvalue weighted by atomic mass is 15.4. The van der Waals surface area contributed by atoms with Gasteiger partial charge in [-0.05, 0) is 30.4 Å². The Labute approximate surface area is 222 Å². The predicted molar refractivity (Wildman–Crippen MR) is 157 cm³/mol. The first-order valence-electron chi connectivity index (χ1n) is 15.1. The van der Waals surface area contributed by atoms with E-state index in [2.05, 4.69) is 104 Å². The Hall–Kier alpha value is -2.22. The van der Waals surface area contributed by atoms with Gasteiger partial charge in [-0.3, -0.25) is 0 Å². The molecule has 36 heavy (non-hydrogen) atoms. The van der Waals surface area contributed by atoms with Crippen molar-refractivity contribution in [2.45, 2.75) is 116 Å². The summed E-state index contributed by atoms with van der Waals surface area (Å²) in [7, 11) is 0. The maximum atomic E-state index is 2.72. The minimum atomic E-state index is -0.0489. The second-order valence-corrected chi connectivity index (χ2v) is 10.8. The summed E-state index contributed by atoms with van der Waals surface area (Å²) in [6.45, 7) is 9.24. The molecule has 1 aliphatic heterocycles. The molecule has 1 aliphatic rings. The Balaban J connectivity index is 1.72. The standard InChI is InChI=1S/C34H52N2/c1-4-7-8-9-10-11-12-13-14-21-27-36-29-28-35(26-5-2)34(36,30-31-22-17-15-18-23-31)33(6-3)32-24-19-16-20-25-32/h15-20,22-25,28-29,33H,4-14,21,26-27,30H2,1-3H3. The lowest BCUT2D eigenvalue weighted by Crippen LogP contribution is -2.59. The van der Waals surface area contributed by atoms with E-state index in [9.17, 15) is 0 Å². The van der Waals surface area contributed by atoms with Gasteiger partial charge in [0.25, 0.3) is 0 Å². The summed E-state index contributed by atoms with van der Waals surface area (Å²) in [5.74, 6) is 0.448. The second kappa shape index (κ2) is 15.8. The average molecular weight is 489 g/mol. The molecule has 0 radical (unpaired) electrons. The Morgan fingerprint density at radius 3 is 1.67 bits per heavy atom. The number of nitrogens with zero attached hydrogens (tertiary/aromatic N) is 2. The van der Waals surface area contributed by atoms with Gasteiger partial charge in [0.05, 0.1) is 0 Å². The van der Waals surface area contributed by atoms with E-state index in [0.717, 1.165) is 32.4 Å². The summed E-state index contributed by atoms with van der Waals surface area (Å²) >= 11 is 0. The van der Waals surface area contributed by atoms with E-state index < -0.39 is 0 Å². The van der Waals surface area contributed by atoms with Crippen molar-refractivity contribution in [3.8, 4) is 0 Å². The molecule has 0 fully saturated rings. The van der Waals surface area contributed by atoms with Gasteiger partial charge in [0.2, 0.25) is 0 Å². The summed E-state index contributed by atoms with van der Waals surface area (Å²) in [6.07, 6.45) is 22.0. The molecule has 2 atom stereocenters. The van der Waals surface area contributed by atoms with Gasteiger partial charge in [0.15, 0.2) is 0 Å². The van der Waals surface area contributed by atoms with E-state index in [4.69, 9.17) is 0 Å². The van der Waals surface area contributed by atoms with E-state index in [0.29, 0.717) is 5.92 Å². The topological polar surface area (TPSA) is 6.48 Å². The number of hydrogen-bond acceptors (Lipinski definition) is 2. The number of unbranched alkanes of at least 4 members (excludes halogenated alkanes) is 9. The number of hydrogen-bond donors (Lipinski definition) is 0. The highest BCUT2D eigenvalue weighted by Crippen LogP contribution is 2.45. The molecule has 0 amide bonds. The summed E-state index contributed by atoms with van der Waals surface area (Å²) < 4.78 is 0. The van der Waals surface area contributed by atoms with E-state index in [1.165, 1.54) is 75.3 Å². The zero-order valence-electron chi connectivity index (χ0n) is 23.5. The third-order valence-electron chi connectivity index (χ3n) is 8.11. The molecule has 2 aromatic carbocycles. The first-order valence-corrected chi connectivity index (χ1v) is 15.1. The lowest BCUT2D eigenvalue weighted by atomic mass is 9.78. The van der Waals surface area contributed by atoms with Gasteiger partial charge in [0.1, 0.15) is 5.66 Å². The van der Waals surface area contributed by atoms with Crippen molar-refractivity contribution in [3.63, 3.8) is 0 Å². The van der Waals surface area contributed by atoms with Crippen LogP contribution < -0.4 is 0 Å². The molecule has 1 heterocycles. The SMILES string of the molecule is CCCCCCCCCCCCN1C=CN(CCC)C1(Cc1ccccc1)C(CC)c1ccccc1. The summed E-state index contributed by atoms with van der Waals surface area (Å²) in [4.78, 5) is 5.40. The second-order valence-electron chi connectivity index (χ2n) is 10.8. The van der Waals surface area contributed by atoms with Crippen molar-refractivity contribution in [1.82, 2.24) is 9.80 Å². The van der Waals surface area contributed by atoms with Crippen molar-refractivity contribution in [2.24, 2.45) is 0 Å². The summed E-state index contributed by atoms with van der Waals surface area (Å²) in [5.41, 5.74) is 2.85. The maximum Gasteiger partial charge on any atom is 0.123 e. The normalized spacial score (nSPS) is 18.2. The fourth-order valence-corrected chi connectivity index (χ4v) is 6.27. The van der Waals surface area contributed by atoms with Crippen LogP contribution in [0.3, 0.4) is 0 Å². The molecule has 0 aliphatic carbocycles. The minimum Gasteiger partial charge on any atom is -0.353 e. The fourth-order valence-electron chi connectivity index (χ4n) is 6.27. The van der Waals surface area contributed by atoms with Gasteiger partial charge >= 0.3 is 0 Å². The van der Waals surface area contributed by atoms with Crippen molar-refractivity contribution < 1.29 is 0 Å². The van der Waals surface area contributed by atoms with Crippen LogP contribution in [0.15, 0.2) is 73.1 Å². The van der Waals surface area contributed by atoms with Gasteiger partial charge in [-0.15, -0.1) is 0 Å². The van der Waals surface area contributed by atoms with E-state index >= 15 is 0 Å². The lowest BCUT2D eigenvalue weighted by molar-refractivity contribution is -0.00287. The maximum absolute atomic E-state index is 2.72. The molecular formula is C34H52N2. The Kier molecular flexibility index (Phi) is 12.4. The fraction of sp³-hybridized carbons (Fsp3) is 0.588. The van der Waals surface area contributed by atoms with Gasteiger partial charge in [-0.25, -0.2) is 0 Å². The highest BCUT2D eigenvalue weighted by molar-refractivity contribution is 5.30. The Bertz CT molecular complexity index is 846. The molecule has 0 spiro atoms. The van der Waals surface area contributed by atoms with Crippen molar-refractivity contribution in [1.29, 1.82) is 0 Å². The monoisotopic (exact) mass is 488 g/mol.